The van der Waals surface area contributed by atoms with Crippen LogP contribution in [0.15, 0.2) is 47.8 Å². The quantitative estimate of drug-likeness (QED) is 0.683. The predicted molar refractivity (Wildman–Crippen MR) is 96.5 cm³/mol. The van der Waals surface area contributed by atoms with E-state index in [1.165, 1.54) is 25.1 Å². The van der Waals surface area contributed by atoms with Crippen molar-refractivity contribution >= 4 is 16.8 Å². The van der Waals surface area contributed by atoms with E-state index in [1.807, 2.05) is 29.1 Å². The molecule has 0 fully saturated rings. The second-order valence-corrected chi connectivity index (χ2v) is 5.67. The minimum absolute atomic E-state index is 0.0954. The fraction of sp³-hybridized carbons (Fsp3) is 0.278. The van der Waals surface area contributed by atoms with Crippen LogP contribution in [0, 0.1) is 0 Å². The Labute approximate surface area is 150 Å². The Morgan fingerprint density at radius 3 is 2.54 bits per heavy atom. The lowest BCUT2D eigenvalue weighted by atomic mass is 10.2. The molecule has 0 aliphatic carbocycles. The molecular weight excluding hydrogens is 336 g/mol. The van der Waals surface area contributed by atoms with Gasteiger partial charge in [-0.2, -0.15) is 0 Å². The number of hydrogen-bond acceptors (Lipinski definition) is 5. The van der Waals surface area contributed by atoms with Crippen molar-refractivity contribution in [3.8, 4) is 11.5 Å². The Morgan fingerprint density at radius 2 is 1.85 bits per heavy atom. The first kappa shape index (κ1) is 17.5. The Morgan fingerprint density at radius 1 is 1.15 bits per heavy atom. The zero-order valence-electron chi connectivity index (χ0n) is 14.6. The summed E-state index contributed by atoms with van der Waals surface area (Å²) in [6.07, 6.45) is 5.21. The zero-order chi connectivity index (χ0) is 18.5. The van der Waals surface area contributed by atoms with Gasteiger partial charge in [0.15, 0.2) is 11.5 Å². The molecular formula is C18H20N4O4. The lowest BCUT2D eigenvalue weighted by Gasteiger charge is -2.11. The maximum Gasteiger partial charge on any atom is 0.261 e. The zero-order valence-corrected chi connectivity index (χ0v) is 14.6. The number of aromatic nitrogens is 3. The molecule has 2 heterocycles. The Kier molecular flexibility index (Phi) is 5.21. The van der Waals surface area contributed by atoms with Gasteiger partial charge in [0, 0.05) is 31.5 Å². The van der Waals surface area contributed by atoms with Crippen molar-refractivity contribution in [1.82, 2.24) is 19.4 Å². The number of rotatable bonds is 7. The van der Waals surface area contributed by atoms with E-state index in [1.54, 1.807) is 12.1 Å². The van der Waals surface area contributed by atoms with Crippen LogP contribution >= 0.6 is 0 Å². The van der Waals surface area contributed by atoms with Crippen molar-refractivity contribution in [3.63, 3.8) is 0 Å². The van der Waals surface area contributed by atoms with Crippen molar-refractivity contribution in [3.05, 3.63) is 53.3 Å². The lowest BCUT2D eigenvalue weighted by Crippen LogP contribution is -2.34. The van der Waals surface area contributed by atoms with Crippen LogP contribution < -0.4 is 20.3 Å². The van der Waals surface area contributed by atoms with Crippen LogP contribution in [0.25, 0.3) is 10.9 Å². The molecule has 0 spiro atoms. The number of carbonyl (C=O) groups is 1. The van der Waals surface area contributed by atoms with Gasteiger partial charge >= 0.3 is 0 Å². The van der Waals surface area contributed by atoms with Gasteiger partial charge in [-0.3, -0.25) is 14.2 Å². The van der Waals surface area contributed by atoms with Crippen LogP contribution in [-0.4, -0.2) is 40.8 Å². The number of nitrogens with zero attached hydrogens (tertiary/aromatic N) is 3. The molecule has 0 bridgehead atoms. The molecule has 1 N–H and O–H groups in total. The number of nitrogens with one attached hydrogen (secondary N) is 1. The third kappa shape index (κ3) is 3.69. The van der Waals surface area contributed by atoms with Crippen LogP contribution in [0.5, 0.6) is 11.5 Å². The van der Waals surface area contributed by atoms with E-state index < -0.39 is 0 Å². The third-order valence-corrected chi connectivity index (χ3v) is 4.00. The van der Waals surface area contributed by atoms with E-state index in [9.17, 15) is 9.59 Å². The van der Waals surface area contributed by atoms with E-state index in [-0.39, 0.29) is 18.0 Å². The Balaban J connectivity index is 1.74. The molecule has 136 valence electrons. The standard InChI is InChI=1S/C18H20N4O4/c1-25-15-9-13-14(10-16(15)26-2)20-12-22(18(13)24)11-17(23)19-5-8-21-6-3-4-7-21/h3-4,6-7,9-10,12H,5,8,11H2,1-2H3,(H,19,23). The lowest BCUT2D eigenvalue weighted by molar-refractivity contribution is -0.121. The van der Waals surface area contributed by atoms with Crippen LogP contribution in [0.3, 0.4) is 0 Å². The Bertz CT molecular complexity index is 963. The summed E-state index contributed by atoms with van der Waals surface area (Å²) in [5.74, 6) is 0.682. The SMILES string of the molecule is COc1cc2ncn(CC(=O)NCCn3cccc3)c(=O)c2cc1OC. The van der Waals surface area contributed by atoms with Gasteiger partial charge in [-0.05, 0) is 18.2 Å². The average molecular weight is 356 g/mol. The molecule has 8 heteroatoms. The van der Waals surface area contributed by atoms with Crippen molar-refractivity contribution in [1.29, 1.82) is 0 Å². The molecule has 0 atom stereocenters. The van der Waals surface area contributed by atoms with E-state index in [2.05, 4.69) is 10.3 Å². The smallest absolute Gasteiger partial charge is 0.261 e. The summed E-state index contributed by atoms with van der Waals surface area (Å²) in [5, 5.41) is 3.16. The van der Waals surface area contributed by atoms with E-state index in [4.69, 9.17) is 9.47 Å². The largest absolute Gasteiger partial charge is 0.493 e. The van der Waals surface area contributed by atoms with Crippen molar-refractivity contribution in [2.45, 2.75) is 13.1 Å². The summed E-state index contributed by atoms with van der Waals surface area (Å²) in [5.41, 5.74) is 0.174. The first-order valence-corrected chi connectivity index (χ1v) is 8.11. The average Bonchev–Trinajstić information content (AvgIpc) is 3.16. The maximum atomic E-state index is 12.6. The minimum Gasteiger partial charge on any atom is -0.493 e. The van der Waals surface area contributed by atoms with Gasteiger partial charge < -0.3 is 19.4 Å². The molecule has 26 heavy (non-hydrogen) atoms. The van der Waals surface area contributed by atoms with Gasteiger partial charge in [0.1, 0.15) is 6.54 Å². The van der Waals surface area contributed by atoms with Crippen LogP contribution in [0.1, 0.15) is 0 Å². The van der Waals surface area contributed by atoms with Crippen LogP contribution in [0.4, 0.5) is 0 Å². The summed E-state index contributed by atoms with van der Waals surface area (Å²) in [6, 6.07) is 7.05. The molecule has 0 radical (unpaired) electrons. The summed E-state index contributed by atoms with van der Waals surface area (Å²) >= 11 is 0. The van der Waals surface area contributed by atoms with Crippen molar-refractivity contribution in [2.24, 2.45) is 0 Å². The van der Waals surface area contributed by atoms with Gasteiger partial charge in [0.2, 0.25) is 5.91 Å². The number of benzene rings is 1. The first-order chi connectivity index (χ1) is 12.6. The number of amides is 1. The number of ether oxygens (including phenoxy) is 2. The highest BCUT2D eigenvalue weighted by atomic mass is 16.5. The van der Waals surface area contributed by atoms with E-state index in [0.29, 0.717) is 35.5 Å². The van der Waals surface area contributed by atoms with E-state index in [0.717, 1.165) is 0 Å². The Hall–Kier alpha value is -3.29. The molecule has 8 nitrogen and oxygen atoms in total. The van der Waals surface area contributed by atoms with Crippen molar-refractivity contribution in [2.75, 3.05) is 20.8 Å². The normalized spacial score (nSPS) is 10.7. The van der Waals surface area contributed by atoms with Gasteiger partial charge in [-0.25, -0.2) is 4.98 Å². The molecule has 1 aromatic carbocycles. The fourth-order valence-corrected chi connectivity index (χ4v) is 2.65. The molecule has 2 aromatic heterocycles. The van der Waals surface area contributed by atoms with E-state index >= 15 is 0 Å². The monoisotopic (exact) mass is 356 g/mol. The van der Waals surface area contributed by atoms with Gasteiger partial charge in [0.05, 0.1) is 31.4 Å². The highest BCUT2D eigenvalue weighted by Gasteiger charge is 2.12. The summed E-state index contributed by atoms with van der Waals surface area (Å²) in [4.78, 5) is 29.0. The molecule has 0 saturated heterocycles. The topological polar surface area (TPSA) is 87.4 Å². The number of methoxy groups -OCH3 is 2. The highest BCUT2D eigenvalue weighted by Crippen LogP contribution is 2.29. The highest BCUT2D eigenvalue weighted by molar-refractivity contribution is 5.82. The molecule has 3 rings (SSSR count). The molecule has 0 saturated carbocycles. The summed E-state index contributed by atoms with van der Waals surface area (Å²) in [6.45, 7) is 1.05. The number of carbonyl (C=O) groups excluding carboxylic acids is 1. The first-order valence-electron chi connectivity index (χ1n) is 8.11. The summed E-state index contributed by atoms with van der Waals surface area (Å²) in [7, 11) is 3.01. The van der Waals surface area contributed by atoms with Gasteiger partial charge in [-0.15, -0.1) is 0 Å². The molecule has 1 amide bonds. The second kappa shape index (κ2) is 7.73. The fourth-order valence-electron chi connectivity index (χ4n) is 2.65. The van der Waals surface area contributed by atoms with Gasteiger partial charge in [-0.1, -0.05) is 0 Å². The van der Waals surface area contributed by atoms with Crippen LogP contribution in [-0.2, 0) is 17.9 Å². The number of hydrogen-bond donors (Lipinski definition) is 1. The molecule has 0 aliphatic rings. The van der Waals surface area contributed by atoms with Crippen molar-refractivity contribution < 1.29 is 14.3 Å². The molecule has 3 aromatic rings. The summed E-state index contributed by atoms with van der Waals surface area (Å²) < 4.78 is 13.7. The second-order valence-electron chi connectivity index (χ2n) is 5.67. The number of fused-ring (bicyclic) bond motifs is 1. The third-order valence-electron chi connectivity index (χ3n) is 4.00. The van der Waals surface area contributed by atoms with Crippen LogP contribution in [0.2, 0.25) is 0 Å². The minimum atomic E-state index is -0.309. The molecule has 0 unspecified atom stereocenters. The molecule has 0 aliphatic heterocycles. The van der Waals surface area contributed by atoms with Gasteiger partial charge in [0.25, 0.3) is 5.56 Å². The maximum absolute atomic E-state index is 12.6. The predicted octanol–water partition coefficient (Wildman–Crippen LogP) is 1.03.